The highest BCUT2D eigenvalue weighted by Gasteiger charge is 2.16. The van der Waals surface area contributed by atoms with E-state index < -0.39 is 20.8 Å². The average Bonchev–Trinajstić information content (AvgIpc) is 2.64. The molecule has 0 aliphatic rings. The van der Waals surface area contributed by atoms with Crippen LogP contribution in [0.3, 0.4) is 0 Å². The summed E-state index contributed by atoms with van der Waals surface area (Å²) in [6.07, 6.45) is 1.36. The zero-order valence-electron chi connectivity index (χ0n) is 13.9. The number of fused-ring (bicyclic) bond motifs is 1. The van der Waals surface area contributed by atoms with Gasteiger partial charge >= 0.3 is 0 Å². The third kappa shape index (κ3) is 4.42. The Morgan fingerprint density at radius 2 is 1.79 bits per heavy atom. The maximum Gasteiger partial charge on any atom is 0.294 e. The molecule has 0 radical (unpaired) electrons. The Morgan fingerprint density at radius 1 is 1.04 bits per heavy atom. The lowest BCUT2D eigenvalue weighted by molar-refractivity contribution is -0.432. The minimum Gasteiger partial charge on any atom is -0.507 e. The molecule has 3 aromatic carbocycles. The predicted octanol–water partition coefficient (Wildman–Crippen LogP) is 3.68. The van der Waals surface area contributed by atoms with E-state index in [1.54, 1.807) is 18.2 Å². The van der Waals surface area contributed by atoms with Crippen LogP contribution in [0, 0.1) is 0 Å². The molecule has 4 N–H and O–H groups in total. The fraction of sp³-hybridized carbons (Fsp3) is 0. The third-order valence-electron chi connectivity index (χ3n) is 3.69. The maximum atomic E-state index is 11.4. The number of nitrogens with zero attached hydrogens (tertiary/aromatic N) is 1. The molecule has 9 nitrogen and oxygen atoms in total. The van der Waals surface area contributed by atoms with Crippen molar-refractivity contribution in [1.29, 1.82) is 0 Å². The first-order valence-electron chi connectivity index (χ1n) is 7.54. The Hall–Kier alpha value is -2.67. The summed E-state index contributed by atoms with van der Waals surface area (Å²) in [6.45, 7) is 0. The van der Waals surface area contributed by atoms with Crippen molar-refractivity contribution in [1.82, 2.24) is 0 Å². The van der Waals surface area contributed by atoms with Gasteiger partial charge in [0.1, 0.15) is 11.5 Å². The molecule has 3 rings (SSSR count). The van der Waals surface area contributed by atoms with Crippen molar-refractivity contribution in [2.75, 3.05) is 0 Å². The summed E-state index contributed by atoms with van der Waals surface area (Å²) < 4.78 is 36.5. The van der Waals surface area contributed by atoms with E-state index in [2.05, 4.69) is 14.4 Å². The van der Waals surface area contributed by atoms with Gasteiger partial charge in [-0.1, -0.05) is 17.2 Å². The summed E-state index contributed by atoms with van der Waals surface area (Å²) in [6, 6.07) is 11.4. The molecule has 0 aromatic heterocycles. The first kappa shape index (κ1) is 20.1. The molecule has 3 aromatic rings. The minimum atomic E-state index is -4.55. The SMILES string of the molecule is O=S(=O)(O)c1cc(O)c2c(N=Cc3ccccc3O)cc(SOOO)cc2c1. The molecule has 146 valence electrons. The van der Waals surface area contributed by atoms with Crippen LogP contribution in [-0.4, -0.2) is 34.7 Å². The van der Waals surface area contributed by atoms with E-state index in [0.717, 1.165) is 12.1 Å². The average molecular weight is 423 g/mol. The van der Waals surface area contributed by atoms with Crippen molar-refractivity contribution >= 4 is 44.8 Å². The molecule has 0 aliphatic heterocycles. The third-order valence-corrected chi connectivity index (χ3v) is 5.08. The normalized spacial score (nSPS) is 12.1. The van der Waals surface area contributed by atoms with E-state index in [9.17, 15) is 23.2 Å². The molecular formula is C17H13NO8S2. The quantitative estimate of drug-likeness (QED) is 0.153. The molecule has 0 spiro atoms. The molecule has 0 atom stereocenters. The fourth-order valence-electron chi connectivity index (χ4n) is 2.51. The Morgan fingerprint density at radius 3 is 2.46 bits per heavy atom. The lowest BCUT2D eigenvalue weighted by atomic mass is 10.1. The van der Waals surface area contributed by atoms with Gasteiger partial charge in [-0.15, -0.1) is 4.33 Å². The molecule has 0 unspecified atom stereocenters. The molecule has 0 saturated carbocycles. The summed E-state index contributed by atoms with van der Waals surface area (Å²) in [5, 5.41) is 32.5. The second kappa shape index (κ2) is 8.14. The van der Waals surface area contributed by atoms with Gasteiger partial charge < -0.3 is 10.2 Å². The molecular weight excluding hydrogens is 410 g/mol. The number of aromatic hydroxyl groups is 2. The molecule has 0 saturated heterocycles. The highest BCUT2D eigenvalue weighted by atomic mass is 32.2. The van der Waals surface area contributed by atoms with Crippen LogP contribution in [0.2, 0.25) is 0 Å². The largest absolute Gasteiger partial charge is 0.507 e. The van der Waals surface area contributed by atoms with E-state index >= 15 is 0 Å². The van der Waals surface area contributed by atoms with Crippen molar-refractivity contribution in [2.45, 2.75) is 9.79 Å². The van der Waals surface area contributed by atoms with Crippen molar-refractivity contribution in [3.63, 3.8) is 0 Å². The Labute approximate surface area is 163 Å². The van der Waals surface area contributed by atoms with Gasteiger partial charge in [-0.2, -0.15) is 8.42 Å². The Kier molecular flexibility index (Phi) is 5.84. The van der Waals surface area contributed by atoms with Crippen molar-refractivity contribution in [2.24, 2.45) is 4.99 Å². The van der Waals surface area contributed by atoms with Crippen LogP contribution >= 0.6 is 12.0 Å². The van der Waals surface area contributed by atoms with Gasteiger partial charge in [-0.05, 0) is 35.7 Å². The van der Waals surface area contributed by atoms with Gasteiger partial charge in [0.25, 0.3) is 10.1 Å². The van der Waals surface area contributed by atoms with Gasteiger partial charge in [0.05, 0.1) is 22.6 Å². The van der Waals surface area contributed by atoms with E-state index in [1.807, 2.05) is 0 Å². The van der Waals surface area contributed by atoms with E-state index in [4.69, 9.17) is 5.26 Å². The van der Waals surface area contributed by atoms with Crippen LogP contribution in [0.15, 0.2) is 63.3 Å². The maximum absolute atomic E-state index is 11.4. The first-order chi connectivity index (χ1) is 13.3. The van der Waals surface area contributed by atoms with Crippen molar-refractivity contribution in [3.8, 4) is 11.5 Å². The number of phenols is 2. The predicted molar refractivity (Wildman–Crippen MR) is 101 cm³/mol. The highest BCUT2D eigenvalue weighted by Crippen LogP contribution is 2.39. The highest BCUT2D eigenvalue weighted by molar-refractivity contribution is 7.94. The standard InChI is InChI=1S/C17H13NO8S2/c19-15-4-2-1-3-10(15)9-18-14-7-12(27-26-25-21)5-11-6-13(28(22,23)24)8-16(20)17(11)14/h1-9,19-21H,(H,22,23,24). The minimum absolute atomic E-state index is 0.00372. The number of phenolic OH excluding ortho intramolecular Hbond substituents is 2. The monoisotopic (exact) mass is 423 g/mol. The summed E-state index contributed by atoms with van der Waals surface area (Å²) in [4.78, 5) is 4.10. The van der Waals surface area contributed by atoms with Crippen LogP contribution in [0.5, 0.6) is 11.5 Å². The van der Waals surface area contributed by atoms with Gasteiger partial charge in [0.2, 0.25) is 0 Å². The Bertz CT molecular complexity index is 1160. The van der Waals surface area contributed by atoms with Crippen LogP contribution in [0.4, 0.5) is 5.69 Å². The van der Waals surface area contributed by atoms with Crippen molar-refractivity contribution in [3.05, 3.63) is 54.1 Å². The topological polar surface area (TPSA) is 146 Å². The summed E-state index contributed by atoms with van der Waals surface area (Å²) in [5.74, 6) is -0.429. The molecule has 0 heterocycles. The number of hydrogen-bond donors (Lipinski definition) is 4. The van der Waals surface area contributed by atoms with Gasteiger partial charge in [0.15, 0.2) is 0 Å². The second-order valence-corrected chi connectivity index (χ2v) is 7.70. The molecule has 0 amide bonds. The number of rotatable bonds is 6. The van der Waals surface area contributed by atoms with Crippen LogP contribution in [0.25, 0.3) is 10.8 Å². The molecule has 0 aliphatic carbocycles. The second-order valence-electron chi connectivity index (χ2n) is 5.50. The molecule has 11 heteroatoms. The number of para-hydroxylation sites is 1. The lowest BCUT2D eigenvalue weighted by Gasteiger charge is -2.09. The smallest absolute Gasteiger partial charge is 0.294 e. The zero-order chi connectivity index (χ0) is 20.3. The van der Waals surface area contributed by atoms with Crippen LogP contribution in [0.1, 0.15) is 5.56 Å². The lowest BCUT2D eigenvalue weighted by Crippen LogP contribution is -1.98. The number of benzene rings is 3. The fourth-order valence-corrected chi connectivity index (χ4v) is 3.49. The number of aliphatic imine (C=N–C) groups is 1. The van der Waals surface area contributed by atoms with Crippen molar-refractivity contribution < 1.29 is 37.8 Å². The molecule has 0 fully saturated rings. The summed E-state index contributed by atoms with van der Waals surface area (Å²) in [7, 11) is -4.55. The van der Waals surface area contributed by atoms with E-state index in [1.165, 1.54) is 24.4 Å². The zero-order valence-corrected chi connectivity index (χ0v) is 15.5. The summed E-state index contributed by atoms with van der Waals surface area (Å²) in [5.41, 5.74) is 0.627. The molecule has 28 heavy (non-hydrogen) atoms. The van der Waals surface area contributed by atoms with E-state index in [-0.39, 0.29) is 22.2 Å². The van der Waals surface area contributed by atoms with Crippen LogP contribution < -0.4 is 0 Å². The van der Waals surface area contributed by atoms with Gasteiger partial charge in [-0.3, -0.25) is 9.55 Å². The summed E-state index contributed by atoms with van der Waals surface area (Å²) >= 11 is 0.604. The van der Waals surface area contributed by atoms with Gasteiger partial charge in [-0.25, -0.2) is 5.26 Å². The molecule has 0 bridgehead atoms. The number of hydrogen-bond acceptors (Lipinski definition) is 9. The first-order valence-corrected chi connectivity index (χ1v) is 9.73. The van der Waals surface area contributed by atoms with Crippen LogP contribution in [-0.2, 0) is 19.5 Å². The van der Waals surface area contributed by atoms with E-state index in [0.29, 0.717) is 22.5 Å². The van der Waals surface area contributed by atoms with Gasteiger partial charge in [0, 0.05) is 28.1 Å². The Balaban J connectivity index is 2.20.